The Labute approximate surface area is 147 Å². The highest BCUT2D eigenvalue weighted by Crippen LogP contribution is 2.24. The molecule has 1 heterocycles. The molecule has 1 aliphatic heterocycles. The molecule has 0 bridgehead atoms. The molecule has 130 valence electrons. The van der Waals surface area contributed by atoms with Gasteiger partial charge < -0.3 is 15.0 Å². The fourth-order valence-electron chi connectivity index (χ4n) is 2.82. The normalized spacial score (nSPS) is 13.8. The number of benzene rings is 2. The summed E-state index contributed by atoms with van der Waals surface area (Å²) in [5.74, 6) is 0.613. The molecule has 0 atom stereocenters. The number of anilines is 2. The number of carbonyl (C=O) groups is 2. The number of amides is 2. The van der Waals surface area contributed by atoms with E-state index in [1.165, 1.54) is 0 Å². The van der Waals surface area contributed by atoms with Gasteiger partial charge in [-0.1, -0.05) is 19.1 Å². The highest BCUT2D eigenvalue weighted by Gasteiger charge is 2.21. The lowest BCUT2D eigenvalue weighted by Gasteiger charge is -2.17. The molecule has 0 aromatic heterocycles. The molecule has 2 aromatic carbocycles. The van der Waals surface area contributed by atoms with Crippen molar-refractivity contribution in [2.45, 2.75) is 26.2 Å². The zero-order valence-electron chi connectivity index (χ0n) is 14.3. The van der Waals surface area contributed by atoms with Crippen molar-refractivity contribution >= 4 is 23.2 Å². The molecule has 1 fully saturated rings. The van der Waals surface area contributed by atoms with Gasteiger partial charge in [-0.2, -0.15) is 0 Å². The van der Waals surface area contributed by atoms with E-state index in [9.17, 15) is 9.59 Å². The molecule has 1 saturated heterocycles. The first-order valence-electron chi connectivity index (χ1n) is 8.62. The molecule has 3 rings (SSSR count). The fourth-order valence-corrected chi connectivity index (χ4v) is 2.82. The van der Waals surface area contributed by atoms with Gasteiger partial charge in [0, 0.05) is 29.9 Å². The van der Waals surface area contributed by atoms with E-state index in [4.69, 9.17) is 4.74 Å². The third-order valence-electron chi connectivity index (χ3n) is 4.06. The van der Waals surface area contributed by atoms with Crippen LogP contribution in [0.3, 0.4) is 0 Å². The molecule has 0 spiro atoms. The Hall–Kier alpha value is -2.82. The molecule has 0 radical (unpaired) electrons. The number of nitrogens with zero attached hydrogens (tertiary/aromatic N) is 1. The highest BCUT2D eigenvalue weighted by atomic mass is 16.5. The van der Waals surface area contributed by atoms with E-state index in [0.717, 1.165) is 25.1 Å². The first-order chi connectivity index (χ1) is 12.2. The number of nitrogens with one attached hydrogen (secondary N) is 1. The van der Waals surface area contributed by atoms with Gasteiger partial charge in [-0.05, 0) is 49.2 Å². The van der Waals surface area contributed by atoms with Crippen LogP contribution in [-0.2, 0) is 4.79 Å². The molecule has 2 amide bonds. The Morgan fingerprint density at radius 3 is 2.80 bits per heavy atom. The van der Waals surface area contributed by atoms with Crippen LogP contribution in [0.2, 0.25) is 0 Å². The second-order valence-electron chi connectivity index (χ2n) is 6.03. The van der Waals surface area contributed by atoms with Gasteiger partial charge in [-0.3, -0.25) is 9.59 Å². The number of hydrogen-bond acceptors (Lipinski definition) is 3. The Morgan fingerprint density at radius 1 is 1.20 bits per heavy atom. The van der Waals surface area contributed by atoms with Crippen molar-refractivity contribution in [1.82, 2.24) is 0 Å². The van der Waals surface area contributed by atoms with Crippen LogP contribution < -0.4 is 15.0 Å². The molecule has 5 nitrogen and oxygen atoms in total. The molecule has 1 aliphatic rings. The summed E-state index contributed by atoms with van der Waals surface area (Å²) >= 11 is 0. The highest BCUT2D eigenvalue weighted by molar-refractivity contribution is 6.05. The average molecular weight is 338 g/mol. The smallest absolute Gasteiger partial charge is 0.255 e. The van der Waals surface area contributed by atoms with Crippen LogP contribution in [0.15, 0.2) is 48.5 Å². The second kappa shape index (κ2) is 7.83. The monoisotopic (exact) mass is 338 g/mol. The Bertz CT molecular complexity index is 773. The van der Waals surface area contributed by atoms with Crippen LogP contribution in [0.5, 0.6) is 5.75 Å². The lowest BCUT2D eigenvalue weighted by Crippen LogP contribution is -2.23. The summed E-state index contributed by atoms with van der Waals surface area (Å²) in [5.41, 5.74) is 2.03. The standard InChI is InChI=1S/C20H22N2O3/c1-2-12-25-18-9-3-6-15(13-18)20(24)21-16-7-4-8-17(14-16)22-11-5-10-19(22)23/h3-4,6-9,13-14H,2,5,10-12H2,1H3,(H,21,24). The van der Waals surface area contributed by atoms with E-state index in [1.807, 2.05) is 37.3 Å². The lowest BCUT2D eigenvalue weighted by molar-refractivity contribution is -0.117. The largest absolute Gasteiger partial charge is 0.494 e. The van der Waals surface area contributed by atoms with Gasteiger partial charge in [-0.25, -0.2) is 0 Å². The van der Waals surface area contributed by atoms with Gasteiger partial charge in [0.2, 0.25) is 5.91 Å². The molecular formula is C20H22N2O3. The van der Waals surface area contributed by atoms with E-state index in [-0.39, 0.29) is 11.8 Å². The summed E-state index contributed by atoms with van der Waals surface area (Å²) in [6, 6.07) is 14.5. The maximum atomic E-state index is 12.5. The SMILES string of the molecule is CCCOc1cccc(C(=O)Nc2cccc(N3CCCC3=O)c2)c1. The summed E-state index contributed by atoms with van der Waals surface area (Å²) in [6.45, 7) is 3.39. The summed E-state index contributed by atoms with van der Waals surface area (Å²) < 4.78 is 5.57. The van der Waals surface area contributed by atoms with Gasteiger partial charge in [-0.15, -0.1) is 0 Å². The first kappa shape index (κ1) is 17.0. The number of rotatable bonds is 6. The van der Waals surface area contributed by atoms with Crippen LogP contribution in [0.4, 0.5) is 11.4 Å². The number of carbonyl (C=O) groups excluding carboxylic acids is 2. The predicted molar refractivity (Wildman–Crippen MR) is 98.2 cm³/mol. The zero-order valence-corrected chi connectivity index (χ0v) is 14.3. The Morgan fingerprint density at radius 2 is 2.04 bits per heavy atom. The minimum absolute atomic E-state index is 0.129. The first-order valence-corrected chi connectivity index (χ1v) is 8.62. The number of ether oxygens (including phenoxy) is 1. The molecule has 25 heavy (non-hydrogen) atoms. The Balaban J connectivity index is 1.72. The van der Waals surface area contributed by atoms with E-state index in [1.54, 1.807) is 23.1 Å². The van der Waals surface area contributed by atoms with Crippen molar-refractivity contribution in [3.63, 3.8) is 0 Å². The van der Waals surface area contributed by atoms with Crippen LogP contribution in [0.25, 0.3) is 0 Å². The van der Waals surface area contributed by atoms with E-state index in [2.05, 4.69) is 5.32 Å². The van der Waals surface area contributed by atoms with Crippen molar-refractivity contribution in [2.24, 2.45) is 0 Å². The van der Waals surface area contributed by atoms with Crippen molar-refractivity contribution < 1.29 is 14.3 Å². The number of hydrogen-bond donors (Lipinski definition) is 1. The van der Waals surface area contributed by atoms with E-state index in [0.29, 0.717) is 30.0 Å². The Kier molecular flexibility index (Phi) is 5.33. The summed E-state index contributed by atoms with van der Waals surface area (Å²) in [6.07, 6.45) is 2.37. The van der Waals surface area contributed by atoms with Crippen molar-refractivity contribution in [1.29, 1.82) is 0 Å². The van der Waals surface area contributed by atoms with Crippen LogP contribution in [0.1, 0.15) is 36.5 Å². The molecule has 2 aromatic rings. The second-order valence-corrected chi connectivity index (χ2v) is 6.03. The minimum Gasteiger partial charge on any atom is -0.494 e. The molecule has 5 heteroatoms. The summed E-state index contributed by atoms with van der Waals surface area (Å²) in [7, 11) is 0. The fraction of sp³-hybridized carbons (Fsp3) is 0.300. The quantitative estimate of drug-likeness (QED) is 0.870. The molecule has 0 aliphatic carbocycles. The van der Waals surface area contributed by atoms with Gasteiger partial charge >= 0.3 is 0 Å². The lowest BCUT2D eigenvalue weighted by atomic mass is 10.2. The van der Waals surface area contributed by atoms with Crippen LogP contribution in [0, 0.1) is 0 Å². The summed E-state index contributed by atoms with van der Waals surface area (Å²) in [4.78, 5) is 26.1. The van der Waals surface area contributed by atoms with E-state index < -0.39 is 0 Å². The van der Waals surface area contributed by atoms with E-state index >= 15 is 0 Å². The zero-order chi connectivity index (χ0) is 17.6. The van der Waals surface area contributed by atoms with Gasteiger partial charge in [0.1, 0.15) is 5.75 Å². The van der Waals surface area contributed by atoms with Crippen LogP contribution in [-0.4, -0.2) is 25.0 Å². The van der Waals surface area contributed by atoms with Crippen LogP contribution >= 0.6 is 0 Å². The van der Waals surface area contributed by atoms with Crippen molar-refractivity contribution in [3.05, 3.63) is 54.1 Å². The van der Waals surface area contributed by atoms with Gasteiger partial charge in [0.15, 0.2) is 0 Å². The maximum absolute atomic E-state index is 12.5. The predicted octanol–water partition coefficient (Wildman–Crippen LogP) is 3.85. The van der Waals surface area contributed by atoms with Crippen molar-refractivity contribution in [3.8, 4) is 5.75 Å². The van der Waals surface area contributed by atoms with Gasteiger partial charge in [0.25, 0.3) is 5.91 Å². The molecule has 0 saturated carbocycles. The maximum Gasteiger partial charge on any atom is 0.255 e. The minimum atomic E-state index is -0.202. The molecule has 0 unspecified atom stereocenters. The molecule has 1 N–H and O–H groups in total. The molecular weight excluding hydrogens is 316 g/mol. The summed E-state index contributed by atoms with van der Waals surface area (Å²) in [5, 5.41) is 2.89. The third-order valence-corrected chi connectivity index (χ3v) is 4.06. The van der Waals surface area contributed by atoms with Gasteiger partial charge in [0.05, 0.1) is 6.61 Å². The van der Waals surface area contributed by atoms with Crippen molar-refractivity contribution in [2.75, 3.05) is 23.4 Å². The third kappa shape index (κ3) is 4.18. The average Bonchev–Trinajstić information content (AvgIpc) is 3.06. The topological polar surface area (TPSA) is 58.6 Å².